The van der Waals surface area contributed by atoms with E-state index in [2.05, 4.69) is 14.7 Å². The van der Waals surface area contributed by atoms with E-state index >= 15 is 0 Å². The monoisotopic (exact) mass is 557 g/mol. The standard InChI is InChI=1S/C28H27N5O2S.2C2H6/c1-19-17-32(28(35)24-9-3-4-15-29-24)18-20(2)33(19)27(34)22-11-13-23(14-12-22)31-36-25-10-5-7-21-8-6-16-30-26(21)25;2*1-2/h3-16,19-20,31H,17-18H2,1-2H3;2*1-2H3. The summed E-state index contributed by atoms with van der Waals surface area (Å²) in [6.07, 6.45) is 3.42. The van der Waals surface area contributed by atoms with E-state index in [1.165, 1.54) is 11.9 Å². The minimum absolute atomic E-state index is 0.0302. The minimum Gasteiger partial charge on any atom is -0.333 e. The molecule has 2 aromatic carbocycles. The third kappa shape index (κ3) is 7.18. The van der Waals surface area contributed by atoms with Crippen molar-refractivity contribution in [2.45, 2.75) is 58.5 Å². The van der Waals surface area contributed by atoms with Crippen LogP contribution in [0.25, 0.3) is 10.9 Å². The van der Waals surface area contributed by atoms with Crippen molar-refractivity contribution in [3.63, 3.8) is 0 Å². The van der Waals surface area contributed by atoms with Crippen LogP contribution in [0.4, 0.5) is 5.69 Å². The average molecular weight is 558 g/mol. The van der Waals surface area contributed by atoms with E-state index < -0.39 is 0 Å². The zero-order valence-electron chi connectivity index (χ0n) is 24.2. The Morgan fingerprint density at radius 3 is 2.08 bits per heavy atom. The average Bonchev–Trinajstić information content (AvgIpc) is 3.02. The van der Waals surface area contributed by atoms with Crippen molar-refractivity contribution in [2.24, 2.45) is 0 Å². The fourth-order valence-corrected chi connectivity index (χ4v) is 5.42. The molecule has 1 fully saturated rings. The van der Waals surface area contributed by atoms with Crippen LogP contribution >= 0.6 is 11.9 Å². The summed E-state index contributed by atoms with van der Waals surface area (Å²) >= 11 is 1.50. The topological polar surface area (TPSA) is 78.4 Å². The quantitative estimate of drug-likeness (QED) is 0.262. The number of carbonyl (C=O) groups is 2. The summed E-state index contributed by atoms with van der Waals surface area (Å²) in [7, 11) is 0. The summed E-state index contributed by atoms with van der Waals surface area (Å²) in [4.78, 5) is 39.6. The molecule has 4 aromatic rings. The number of anilines is 1. The van der Waals surface area contributed by atoms with Crippen molar-refractivity contribution < 1.29 is 9.59 Å². The predicted octanol–water partition coefficient (Wildman–Crippen LogP) is 7.18. The molecule has 7 nitrogen and oxygen atoms in total. The Kier molecular flexibility index (Phi) is 11.5. The van der Waals surface area contributed by atoms with Gasteiger partial charge in [-0.25, -0.2) is 0 Å². The Balaban J connectivity index is 0.00000106. The van der Waals surface area contributed by atoms with Crippen LogP contribution < -0.4 is 4.72 Å². The fraction of sp³-hybridized carbons (Fsp3) is 0.312. The summed E-state index contributed by atoms with van der Waals surface area (Å²) in [5.74, 6) is -0.131. The molecule has 8 heteroatoms. The second-order valence-corrected chi connectivity index (χ2v) is 9.80. The van der Waals surface area contributed by atoms with Crippen LogP contribution in [0.5, 0.6) is 0 Å². The number of hydrogen-bond donors (Lipinski definition) is 1. The summed E-state index contributed by atoms with van der Waals surface area (Å²) in [5, 5.41) is 1.09. The van der Waals surface area contributed by atoms with Gasteiger partial charge in [-0.15, -0.1) is 0 Å². The van der Waals surface area contributed by atoms with E-state index in [0.29, 0.717) is 24.3 Å². The summed E-state index contributed by atoms with van der Waals surface area (Å²) in [5.41, 5.74) is 2.90. The number of nitrogens with one attached hydrogen (secondary N) is 1. The molecule has 0 spiro atoms. The van der Waals surface area contributed by atoms with Gasteiger partial charge in [0.15, 0.2) is 0 Å². The molecule has 1 N–H and O–H groups in total. The van der Waals surface area contributed by atoms with Gasteiger partial charge in [-0.3, -0.25) is 19.6 Å². The molecule has 0 aliphatic carbocycles. The number of nitrogens with zero attached hydrogens (tertiary/aromatic N) is 4. The van der Waals surface area contributed by atoms with Crippen molar-refractivity contribution in [3.05, 3.63) is 96.4 Å². The highest BCUT2D eigenvalue weighted by atomic mass is 32.2. The van der Waals surface area contributed by atoms with E-state index in [4.69, 9.17) is 0 Å². The lowest BCUT2D eigenvalue weighted by molar-refractivity contribution is 0.0252. The Morgan fingerprint density at radius 2 is 1.43 bits per heavy atom. The molecule has 1 aliphatic rings. The van der Waals surface area contributed by atoms with Crippen molar-refractivity contribution in [2.75, 3.05) is 17.8 Å². The highest BCUT2D eigenvalue weighted by molar-refractivity contribution is 8.00. The zero-order chi connectivity index (χ0) is 29.1. The Morgan fingerprint density at radius 1 is 0.775 bits per heavy atom. The zero-order valence-corrected chi connectivity index (χ0v) is 25.0. The Labute approximate surface area is 242 Å². The van der Waals surface area contributed by atoms with Crippen molar-refractivity contribution in [1.82, 2.24) is 19.8 Å². The second-order valence-electron chi connectivity index (χ2n) is 8.95. The number of para-hydroxylation sites is 1. The molecule has 0 bridgehead atoms. The van der Waals surface area contributed by atoms with Crippen LogP contribution in [0.2, 0.25) is 0 Å². The lowest BCUT2D eigenvalue weighted by Gasteiger charge is -2.44. The van der Waals surface area contributed by atoms with E-state index in [1.54, 1.807) is 29.4 Å². The van der Waals surface area contributed by atoms with E-state index in [9.17, 15) is 9.59 Å². The summed E-state index contributed by atoms with van der Waals surface area (Å²) < 4.78 is 3.35. The molecule has 1 saturated heterocycles. The van der Waals surface area contributed by atoms with Crippen LogP contribution in [0, 0.1) is 0 Å². The van der Waals surface area contributed by atoms with Crippen LogP contribution in [-0.4, -0.2) is 56.8 Å². The second kappa shape index (κ2) is 15.0. The number of piperazine rings is 1. The SMILES string of the molecule is CC.CC.CC1CN(C(=O)c2ccccn2)CC(C)N1C(=O)c1ccc(NSc2cccc3cccnc23)cc1. The first kappa shape index (κ1) is 30.6. The van der Waals surface area contributed by atoms with Gasteiger partial charge >= 0.3 is 0 Å². The number of hydrogen-bond acceptors (Lipinski definition) is 6. The number of benzene rings is 2. The maximum absolute atomic E-state index is 13.4. The van der Waals surface area contributed by atoms with Crippen LogP contribution in [-0.2, 0) is 0 Å². The molecular formula is C32H39N5O2S. The van der Waals surface area contributed by atoms with Gasteiger partial charge in [0, 0.05) is 54.2 Å². The maximum atomic E-state index is 13.4. The minimum atomic E-state index is -0.110. The lowest BCUT2D eigenvalue weighted by atomic mass is 10.0. The number of pyridine rings is 2. The first-order chi connectivity index (χ1) is 19.5. The Bertz CT molecular complexity index is 1360. The first-order valence-electron chi connectivity index (χ1n) is 13.9. The normalized spacial score (nSPS) is 16.2. The number of amides is 2. The molecule has 3 heterocycles. The highest BCUT2D eigenvalue weighted by Gasteiger charge is 2.35. The van der Waals surface area contributed by atoms with Gasteiger partial charge in [0.1, 0.15) is 5.69 Å². The molecule has 5 rings (SSSR count). The van der Waals surface area contributed by atoms with E-state index in [1.807, 2.05) is 107 Å². The Hall–Kier alpha value is -3.91. The smallest absolute Gasteiger partial charge is 0.272 e. The molecule has 1 aliphatic heterocycles. The van der Waals surface area contributed by atoms with E-state index in [0.717, 1.165) is 21.5 Å². The molecule has 0 saturated carbocycles. The highest BCUT2D eigenvalue weighted by Crippen LogP contribution is 2.28. The van der Waals surface area contributed by atoms with Gasteiger partial charge < -0.3 is 14.5 Å². The van der Waals surface area contributed by atoms with Crippen LogP contribution in [0.15, 0.2) is 90.1 Å². The number of fused-ring (bicyclic) bond motifs is 1. The molecule has 40 heavy (non-hydrogen) atoms. The third-order valence-corrected chi connectivity index (χ3v) is 7.22. The van der Waals surface area contributed by atoms with Gasteiger partial charge in [-0.05, 0) is 74.3 Å². The first-order valence-corrected chi connectivity index (χ1v) is 14.7. The van der Waals surface area contributed by atoms with Gasteiger partial charge in [0.25, 0.3) is 11.8 Å². The van der Waals surface area contributed by atoms with Crippen molar-refractivity contribution >= 4 is 40.4 Å². The van der Waals surface area contributed by atoms with Gasteiger partial charge in [-0.2, -0.15) is 0 Å². The molecule has 210 valence electrons. The van der Waals surface area contributed by atoms with Gasteiger partial charge in [-0.1, -0.05) is 52.0 Å². The fourth-order valence-electron chi connectivity index (χ4n) is 4.64. The molecule has 2 aromatic heterocycles. The maximum Gasteiger partial charge on any atom is 0.272 e. The van der Waals surface area contributed by atoms with E-state index in [-0.39, 0.29) is 23.9 Å². The third-order valence-electron chi connectivity index (χ3n) is 6.33. The molecule has 2 amide bonds. The molecule has 2 atom stereocenters. The largest absolute Gasteiger partial charge is 0.333 e. The van der Waals surface area contributed by atoms with Crippen LogP contribution in [0.1, 0.15) is 62.4 Å². The molecule has 2 unspecified atom stereocenters. The van der Waals surface area contributed by atoms with Gasteiger partial charge in [0.2, 0.25) is 0 Å². The van der Waals surface area contributed by atoms with Crippen molar-refractivity contribution in [3.8, 4) is 0 Å². The predicted molar refractivity (Wildman–Crippen MR) is 166 cm³/mol. The molecule has 0 radical (unpaired) electrons. The van der Waals surface area contributed by atoms with Crippen LogP contribution in [0.3, 0.4) is 0 Å². The van der Waals surface area contributed by atoms with Crippen molar-refractivity contribution in [1.29, 1.82) is 0 Å². The summed E-state index contributed by atoms with van der Waals surface area (Å²) in [6, 6.07) is 22.7. The number of rotatable bonds is 5. The van der Waals surface area contributed by atoms with Gasteiger partial charge in [0.05, 0.1) is 10.4 Å². The summed E-state index contributed by atoms with van der Waals surface area (Å²) in [6.45, 7) is 12.9. The number of aromatic nitrogens is 2. The lowest BCUT2D eigenvalue weighted by Crippen LogP contribution is -2.59. The number of carbonyl (C=O) groups excluding carboxylic acids is 2. The molecular weight excluding hydrogens is 518 g/mol.